The van der Waals surface area contributed by atoms with Crippen LogP contribution in [0.25, 0.3) is 22.6 Å². The second-order valence-corrected chi connectivity index (χ2v) is 11.5. The van der Waals surface area contributed by atoms with Crippen molar-refractivity contribution in [3.63, 3.8) is 0 Å². The van der Waals surface area contributed by atoms with Crippen molar-refractivity contribution < 1.29 is 33.0 Å². The fourth-order valence-electron chi connectivity index (χ4n) is 4.44. The molecule has 1 aromatic heterocycles. The van der Waals surface area contributed by atoms with E-state index in [0.717, 1.165) is 24.0 Å². The monoisotopic (exact) mass is 681 g/mol. The Morgan fingerprint density at radius 2 is 1.50 bits per heavy atom. The predicted octanol–water partition coefficient (Wildman–Crippen LogP) is 8.81. The molecule has 0 fully saturated rings. The molecule has 0 aliphatic heterocycles. The number of halogens is 4. The van der Waals surface area contributed by atoms with Crippen LogP contribution in [0.2, 0.25) is 20.1 Å². The van der Waals surface area contributed by atoms with Crippen molar-refractivity contribution in [2.24, 2.45) is 0 Å². The molecule has 3 aromatic carbocycles. The first-order chi connectivity index (χ1) is 21.2. The van der Waals surface area contributed by atoms with Gasteiger partial charge in [0.05, 0.1) is 36.4 Å². The Balaban J connectivity index is 1.18. The minimum atomic E-state index is -0.455. The van der Waals surface area contributed by atoms with Crippen molar-refractivity contribution in [2.75, 3.05) is 34.0 Å². The number of hydrogen-bond acceptors (Lipinski definition) is 8. The number of carbonyl (C=O) groups excluding carboxylic acids is 2. The molecule has 0 unspecified atom stereocenters. The molecular formula is C32H31Cl4NO7. The zero-order valence-corrected chi connectivity index (χ0v) is 27.2. The smallest absolute Gasteiger partial charge is 0.337 e. The third-order valence-electron chi connectivity index (χ3n) is 6.75. The number of aryl methyl sites for hydroxylation is 1. The Labute approximate surface area is 275 Å². The Morgan fingerprint density at radius 1 is 0.795 bits per heavy atom. The quantitative estimate of drug-likeness (QED) is 0.0907. The van der Waals surface area contributed by atoms with Crippen LogP contribution in [0.15, 0.2) is 46.9 Å². The van der Waals surface area contributed by atoms with Gasteiger partial charge in [-0.2, -0.15) is 0 Å². The van der Waals surface area contributed by atoms with Crippen molar-refractivity contribution in [1.29, 1.82) is 0 Å². The molecule has 0 radical (unpaired) electrons. The number of aromatic nitrogens is 1. The van der Waals surface area contributed by atoms with E-state index in [0.29, 0.717) is 93.0 Å². The second-order valence-electron chi connectivity index (χ2n) is 9.85. The summed E-state index contributed by atoms with van der Waals surface area (Å²) in [7, 11) is 2.67. The van der Waals surface area contributed by atoms with Crippen molar-refractivity contribution in [3.05, 3.63) is 79.2 Å². The van der Waals surface area contributed by atoms with Gasteiger partial charge >= 0.3 is 11.9 Å². The highest BCUT2D eigenvalue weighted by Gasteiger charge is 2.16. The Hall–Kier alpha value is -3.01. The summed E-state index contributed by atoms with van der Waals surface area (Å²) in [6, 6.07) is 12.0. The number of unbranched alkanes of at least 4 members (excludes halogenated alkanes) is 1. The summed E-state index contributed by atoms with van der Waals surface area (Å²) >= 11 is 25.8. The molecule has 0 aliphatic rings. The van der Waals surface area contributed by atoms with Gasteiger partial charge in [0.2, 0.25) is 5.89 Å². The van der Waals surface area contributed by atoms with Gasteiger partial charge in [-0.1, -0.05) is 46.4 Å². The van der Waals surface area contributed by atoms with Crippen LogP contribution in [-0.4, -0.2) is 51.0 Å². The standard InChI is InChI=1S/C32H31Cl4NO7/c1-40-29(38)10-7-19-14-25(35)30(26(36)15-19)43-13-5-12-42-11-4-3-6-22-23(33)16-21(17-24(22)34)31-37-27-9-8-20(32(39)41-2)18-28(27)44-31/h8-9,14-18H,3-7,10-13H2,1-2H3. The largest absolute Gasteiger partial charge is 0.490 e. The van der Waals surface area contributed by atoms with Crippen LogP contribution in [0.3, 0.4) is 0 Å². The Kier molecular flexibility index (Phi) is 12.6. The fourth-order valence-corrected chi connectivity index (χ4v) is 5.76. The number of benzene rings is 3. The lowest BCUT2D eigenvalue weighted by atomic mass is 10.1. The lowest BCUT2D eigenvalue weighted by Crippen LogP contribution is -2.05. The number of esters is 2. The van der Waals surface area contributed by atoms with Gasteiger partial charge in [-0.3, -0.25) is 4.79 Å². The first-order valence-electron chi connectivity index (χ1n) is 13.9. The van der Waals surface area contributed by atoms with Gasteiger partial charge in [0.1, 0.15) is 5.52 Å². The molecule has 4 aromatic rings. The molecule has 0 spiro atoms. The second kappa shape index (κ2) is 16.3. The Morgan fingerprint density at radius 3 is 2.18 bits per heavy atom. The van der Waals surface area contributed by atoms with Gasteiger partial charge in [-0.25, -0.2) is 9.78 Å². The number of methoxy groups -OCH3 is 2. The first kappa shape index (κ1) is 33.9. The number of rotatable bonds is 15. The Bertz CT molecular complexity index is 1580. The molecule has 0 atom stereocenters. The maximum atomic E-state index is 11.8. The minimum Gasteiger partial charge on any atom is -0.490 e. The van der Waals surface area contributed by atoms with Gasteiger partial charge in [0.25, 0.3) is 0 Å². The van der Waals surface area contributed by atoms with Crippen LogP contribution in [0.4, 0.5) is 0 Å². The van der Waals surface area contributed by atoms with E-state index in [1.54, 1.807) is 42.5 Å². The molecule has 4 rings (SSSR count). The lowest BCUT2D eigenvalue weighted by molar-refractivity contribution is -0.140. The van der Waals surface area contributed by atoms with Gasteiger partial charge in [-0.15, -0.1) is 0 Å². The molecule has 0 saturated carbocycles. The molecule has 0 amide bonds. The van der Waals surface area contributed by atoms with Crippen LogP contribution >= 0.6 is 46.4 Å². The van der Waals surface area contributed by atoms with E-state index >= 15 is 0 Å². The maximum Gasteiger partial charge on any atom is 0.337 e. The van der Waals surface area contributed by atoms with E-state index in [4.69, 9.17) is 65.0 Å². The average molecular weight is 683 g/mol. The van der Waals surface area contributed by atoms with E-state index in [1.165, 1.54) is 14.2 Å². The van der Waals surface area contributed by atoms with Crippen molar-refractivity contribution in [1.82, 2.24) is 4.98 Å². The van der Waals surface area contributed by atoms with E-state index in [1.807, 2.05) is 0 Å². The summed E-state index contributed by atoms with van der Waals surface area (Å²) in [6.45, 7) is 1.50. The molecule has 234 valence electrons. The zero-order valence-electron chi connectivity index (χ0n) is 24.2. The van der Waals surface area contributed by atoms with Crippen LogP contribution in [-0.2, 0) is 31.8 Å². The van der Waals surface area contributed by atoms with Crippen LogP contribution < -0.4 is 4.74 Å². The molecule has 0 saturated heterocycles. The number of carbonyl (C=O) groups is 2. The third kappa shape index (κ3) is 9.02. The molecule has 0 N–H and O–H groups in total. The zero-order chi connectivity index (χ0) is 31.6. The van der Waals surface area contributed by atoms with Crippen molar-refractivity contribution in [3.8, 4) is 17.2 Å². The van der Waals surface area contributed by atoms with E-state index in [9.17, 15) is 9.59 Å². The highest BCUT2D eigenvalue weighted by Crippen LogP contribution is 2.35. The molecule has 0 bridgehead atoms. The van der Waals surface area contributed by atoms with Gasteiger partial charge in [0.15, 0.2) is 11.3 Å². The van der Waals surface area contributed by atoms with Crippen LogP contribution in [0, 0.1) is 0 Å². The summed E-state index contributed by atoms with van der Waals surface area (Å²) in [4.78, 5) is 27.7. The molecule has 44 heavy (non-hydrogen) atoms. The normalized spacial score (nSPS) is 11.1. The molecule has 8 nitrogen and oxygen atoms in total. The number of ether oxygens (including phenoxy) is 4. The SMILES string of the molecule is COC(=O)CCc1cc(Cl)c(OCCCOCCCCc2c(Cl)cc(-c3nc4ccc(C(=O)OC)cc4o3)cc2Cl)c(Cl)c1. The number of oxazole rings is 1. The first-order valence-corrected chi connectivity index (χ1v) is 15.4. The summed E-state index contributed by atoms with van der Waals surface area (Å²) < 4.78 is 26.8. The summed E-state index contributed by atoms with van der Waals surface area (Å²) in [5.74, 6) is 0.0190. The van der Waals surface area contributed by atoms with Crippen molar-refractivity contribution >= 4 is 69.4 Å². The average Bonchev–Trinajstić information content (AvgIpc) is 3.44. The third-order valence-corrected chi connectivity index (χ3v) is 7.98. The summed E-state index contributed by atoms with van der Waals surface area (Å²) in [5, 5.41) is 1.84. The maximum absolute atomic E-state index is 11.8. The predicted molar refractivity (Wildman–Crippen MR) is 171 cm³/mol. The van der Waals surface area contributed by atoms with Crippen LogP contribution in [0.5, 0.6) is 5.75 Å². The van der Waals surface area contributed by atoms with Gasteiger partial charge in [0, 0.05) is 41.7 Å². The lowest BCUT2D eigenvalue weighted by Gasteiger charge is -2.12. The highest BCUT2D eigenvalue weighted by atomic mass is 35.5. The van der Waals surface area contributed by atoms with E-state index < -0.39 is 5.97 Å². The summed E-state index contributed by atoms with van der Waals surface area (Å²) in [6.07, 6.45) is 3.74. The minimum absolute atomic E-state index is 0.247. The topological polar surface area (TPSA) is 97.1 Å². The van der Waals surface area contributed by atoms with Crippen molar-refractivity contribution in [2.45, 2.75) is 38.5 Å². The molecular weight excluding hydrogens is 652 g/mol. The van der Waals surface area contributed by atoms with Crippen LogP contribution in [0.1, 0.15) is 47.2 Å². The van der Waals surface area contributed by atoms with Gasteiger partial charge < -0.3 is 23.4 Å². The molecule has 0 aliphatic carbocycles. The highest BCUT2D eigenvalue weighted by molar-refractivity contribution is 6.37. The molecule has 12 heteroatoms. The van der Waals surface area contributed by atoms with E-state index in [2.05, 4.69) is 9.72 Å². The van der Waals surface area contributed by atoms with Gasteiger partial charge in [-0.05, 0) is 79.3 Å². The number of fused-ring (bicyclic) bond motifs is 1. The summed E-state index contributed by atoms with van der Waals surface area (Å²) in [5.41, 5.74) is 3.76. The fraction of sp³-hybridized carbons (Fsp3) is 0.344. The van der Waals surface area contributed by atoms with E-state index in [-0.39, 0.29) is 12.4 Å². The molecule has 1 heterocycles. The number of hydrogen-bond donors (Lipinski definition) is 0. The number of nitrogens with zero attached hydrogens (tertiary/aromatic N) is 1.